The highest BCUT2D eigenvalue weighted by Crippen LogP contribution is 2.34. The number of carbonyl (C=O) groups is 1. The molecule has 0 saturated carbocycles. The second-order valence-electron chi connectivity index (χ2n) is 4.07. The summed E-state index contributed by atoms with van der Waals surface area (Å²) in [7, 11) is -3.91. The van der Waals surface area contributed by atoms with Crippen LogP contribution < -0.4 is 15.8 Å². The van der Waals surface area contributed by atoms with Crippen LogP contribution >= 0.6 is 11.3 Å². The van der Waals surface area contributed by atoms with E-state index in [-0.39, 0.29) is 28.1 Å². The topological polar surface area (TPSA) is 144 Å². The lowest BCUT2D eigenvalue weighted by Crippen LogP contribution is -2.30. The quantitative estimate of drug-likeness (QED) is 0.464. The Hall–Kier alpha value is -1.72. The fraction of sp³-hybridized carbons (Fsp3) is 0.500. The minimum Gasteiger partial charge on any atom is -0.385 e. The molecule has 0 atom stereocenters. The predicted octanol–water partition coefficient (Wildman–Crippen LogP) is 0.433. The van der Waals surface area contributed by atoms with E-state index in [4.69, 9.17) is 5.73 Å². The molecule has 118 valence electrons. The number of rotatable bonds is 8. The van der Waals surface area contributed by atoms with Crippen LogP contribution in [0.3, 0.4) is 0 Å². The van der Waals surface area contributed by atoms with Gasteiger partial charge in [0.1, 0.15) is 4.21 Å². The molecule has 0 fully saturated rings. The zero-order chi connectivity index (χ0) is 16.0. The van der Waals surface area contributed by atoms with Crippen LogP contribution in [-0.4, -0.2) is 32.3 Å². The fourth-order valence-electron chi connectivity index (χ4n) is 1.37. The molecule has 0 aliphatic rings. The average molecular weight is 336 g/mol. The van der Waals surface area contributed by atoms with Gasteiger partial charge in [-0.05, 0) is 6.42 Å². The van der Waals surface area contributed by atoms with E-state index in [2.05, 4.69) is 10.0 Å². The van der Waals surface area contributed by atoms with Crippen LogP contribution in [0.25, 0.3) is 0 Å². The molecule has 1 heterocycles. The lowest BCUT2D eigenvalue weighted by Gasteiger charge is -2.05. The predicted molar refractivity (Wildman–Crippen MR) is 78.5 cm³/mol. The van der Waals surface area contributed by atoms with Crippen LogP contribution in [0.5, 0.6) is 0 Å². The van der Waals surface area contributed by atoms with E-state index < -0.39 is 20.6 Å². The van der Waals surface area contributed by atoms with Gasteiger partial charge in [0, 0.05) is 25.6 Å². The second kappa shape index (κ2) is 7.33. The number of nitrogens with one attached hydrogen (secondary N) is 2. The third-order valence-corrected chi connectivity index (χ3v) is 5.28. The third kappa shape index (κ3) is 4.95. The number of nitrogens with two attached hydrogens (primary N) is 1. The maximum atomic E-state index is 11.9. The number of hydrogen-bond acceptors (Lipinski definition) is 7. The van der Waals surface area contributed by atoms with Gasteiger partial charge in [0.25, 0.3) is 0 Å². The monoisotopic (exact) mass is 336 g/mol. The van der Waals surface area contributed by atoms with Gasteiger partial charge in [0.05, 0.1) is 4.92 Å². The first-order chi connectivity index (χ1) is 9.77. The molecule has 4 N–H and O–H groups in total. The summed E-state index contributed by atoms with van der Waals surface area (Å²) in [4.78, 5) is 21.2. The summed E-state index contributed by atoms with van der Waals surface area (Å²) in [6.07, 6.45) is 0.776. The van der Waals surface area contributed by atoms with Gasteiger partial charge >= 0.3 is 5.69 Å². The van der Waals surface area contributed by atoms with Gasteiger partial charge in [-0.1, -0.05) is 18.3 Å². The van der Waals surface area contributed by atoms with E-state index in [9.17, 15) is 23.3 Å². The SMILES string of the molecule is CCCNC(=O)CCNS(=O)(=O)c1cc([N+](=O)[O-])c(N)s1. The van der Waals surface area contributed by atoms with Gasteiger partial charge in [-0.3, -0.25) is 14.9 Å². The van der Waals surface area contributed by atoms with Crippen molar-refractivity contribution in [3.05, 3.63) is 16.2 Å². The lowest BCUT2D eigenvalue weighted by molar-refractivity contribution is -0.383. The molecular formula is C10H16N4O5S2. The van der Waals surface area contributed by atoms with Gasteiger partial charge in [-0.2, -0.15) is 0 Å². The summed E-state index contributed by atoms with van der Waals surface area (Å²) in [5.41, 5.74) is 4.95. The van der Waals surface area contributed by atoms with Crippen molar-refractivity contribution < 1.29 is 18.1 Å². The summed E-state index contributed by atoms with van der Waals surface area (Å²) in [6.45, 7) is 2.33. The van der Waals surface area contributed by atoms with Crippen molar-refractivity contribution in [2.75, 3.05) is 18.8 Å². The van der Waals surface area contributed by atoms with E-state index in [0.29, 0.717) is 17.9 Å². The maximum Gasteiger partial charge on any atom is 0.304 e. The highest BCUT2D eigenvalue weighted by Gasteiger charge is 2.24. The molecule has 0 radical (unpaired) electrons. The van der Waals surface area contributed by atoms with E-state index in [0.717, 1.165) is 12.5 Å². The number of amides is 1. The van der Waals surface area contributed by atoms with E-state index in [1.54, 1.807) is 0 Å². The van der Waals surface area contributed by atoms with Crippen LogP contribution in [0.1, 0.15) is 19.8 Å². The smallest absolute Gasteiger partial charge is 0.304 e. The molecule has 1 amide bonds. The Labute approximate surface area is 125 Å². The van der Waals surface area contributed by atoms with Gasteiger partial charge in [0.15, 0.2) is 5.00 Å². The van der Waals surface area contributed by atoms with E-state index in [1.165, 1.54) is 0 Å². The van der Waals surface area contributed by atoms with Crippen LogP contribution in [-0.2, 0) is 14.8 Å². The fourth-order valence-corrected chi connectivity index (χ4v) is 3.66. The molecule has 0 bridgehead atoms. The number of nitrogen functional groups attached to an aromatic ring is 1. The molecule has 21 heavy (non-hydrogen) atoms. The summed E-state index contributed by atoms with van der Waals surface area (Å²) in [6, 6.07) is 0.902. The molecule has 0 saturated heterocycles. The largest absolute Gasteiger partial charge is 0.385 e. The molecule has 1 rings (SSSR count). The Bertz CT molecular complexity index is 625. The minimum atomic E-state index is -3.91. The maximum absolute atomic E-state index is 11.9. The first-order valence-corrected chi connectivity index (χ1v) is 8.38. The Morgan fingerprint density at radius 3 is 2.67 bits per heavy atom. The van der Waals surface area contributed by atoms with Crippen molar-refractivity contribution >= 4 is 38.0 Å². The van der Waals surface area contributed by atoms with E-state index in [1.807, 2.05) is 6.92 Å². The molecule has 0 aromatic carbocycles. The van der Waals surface area contributed by atoms with Crippen LogP contribution in [0.2, 0.25) is 0 Å². The minimum absolute atomic E-state index is 0.0117. The van der Waals surface area contributed by atoms with Gasteiger partial charge < -0.3 is 11.1 Å². The van der Waals surface area contributed by atoms with Crippen LogP contribution in [0.4, 0.5) is 10.7 Å². The Morgan fingerprint density at radius 2 is 2.14 bits per heavy atom. The molecule has 0 unspecified atom stereocenters. The Kier molecular flexibility index (Phi) is 6.05. The number of sulfonamides is 1. The molecule has 9 nitrogen and oxygen atoms in total. The molecule has 1 aromatic rings. The normalized spacial score (nSPS) is 11.3. The third-order valence-electron chi connectivity index (χ3n) is 2.40. The molecule has 0 spiro atoms. The Balaban J connectivity index is 2.64. The number of anilines is 1. The van der Waals surface area contributed by atoms with Crippen molar-refractivity contribution in [2.45, 2.75) is 24.0 Å². The number of thiophene rings is 1. The van der Waals surface area contributed by atoms with Crippen molar-refractivity contribution in [2.24, 2.45) is 0 Å². The summed E-state index contributed by atoms with van der Waals surface area (Å²) in [5.74, 6) is -0.267. The highest BCUT2D eigenvalue weighted by atomic mass is 32.2. The first-order valence-electron chi connectivity index (χ1n) is 6.08. The summed E-state index contributed by atoms with van der Waals surface area (Å²) < 4.78 is 25.8. The number of carbonyl (C=O) groups excluding carboxylic acids is 1. The average Bonchev–Trinajstić information content (AvgIpc) is 2.79. The molecule has 0 aliphatic heterocycles. The van der Waals surface area contributed by atoms with Crippen LogP contribution in [0.15, 0.2) is 10.3 Å². The zero-order valence-corrected chi connectivity index (χ0v) is 12.9. The lowest BCUT2D eigenvalue weighted by atomic mass is 10.4. The second-order valence-corrected chi connectivity index (χ2v) is 7.15. The summed E-state index contributed by atoms with van der Waals surface area (Å²) >= 11 is 0.607. The summed E-state index contributed by atoms with van der Waals surface area (Å²) in [5, 5.41) is 13.1. The van der Waals surface area contributed by atoms with Gasteiger partial charge in [0.2, 0.25) is 15.9 Å². The van der Waals surface area contributed by atoms with Gasteiger partial charge in [-0.25, -0.2) is 13.1 Å². The number of hydrogen-bond donors (Lipinski definition) is 3. The first kappa shape index (κ1) is 17.3. The zero-order valence-electron chi connectivity index (χ0n) is 11.3. The van der Waals surface area contributed by atoms with E-state index >= 15 is 0 Å². The standard InChI is InChI=1S/C10H16N4O5S2/c1-2-4-12-8(15)3-5-13-21(18,19)9-6-7(14(16)17)10(11)20-9/h6,13H,2-5,11H2,1H3,(H,12,15). The van der Waals surface area contributed by atoms with Gasteiger partial charge in [-0.15, -0.1) is 0 Å². The number of nitro groups is 1. The number of nitrogens with zero attached hydrogens (tertiary/aromatic N) is 1. The Morgan fingerprint density at radius 1 is 1.48 bits per heavy atom. The van der Waals surface area contributed by atoms with Crippen molar-refractivity contribution in [1.82, 2.24) is 10.0 Å². The molecule has 11 heteroatoms. The molecule has 1 aromatic heterocycles. The molecule has 0 aliphatic carbocycles. The van der Waals surface area contributed by atoms with Crippen LogP contribution in [0, 0.1) is 10.1 Å². The van der Waals surface area contributed by atoms with Crippen molar-refractivity contribution in [3.8, 4) is 0 Å². The van der Waals surface area contributed by atoms with Crippen molar-refractivity contribution in [3.63, 3.8) is 0 Å². The highest BCUT2D eigenvalue weighted by molar-refractivity contribution is 7.91. The molecular weight excluding hydrogens is 320 g/mol. The van der Waals surface area contributed by atoms with Crippen molar-refractivity contribution in [1.29, 1.82) is 0 Å².